The lowest BCUT2D eigenvalue weighted by Gasteiger charge is -2.21. The fourth-order valence-corrected chi connectivity index (χ4v) is 3.72. The molecule has 1 unspecified atom stereocenters. The number of nitrogens with one attached hydrogen (secondary N) is 2. The van der Waals surface area contributed by atoms with Crippen LogP contribution in [-0.2, 0) is 17.8 Å². The third-order valence-corrected chi connectivity index (χ3v) is 5.71. The number of benzene rings is 1. The Balaban J connectivity index is 2.10. The number of carbonyl (C=O) groups is 2. The van der Waals surface area contributed by atoms with Gasteiger partial charge < -0.3 is 25.4 Å². The zero-order valence-electron chi connectivity index (χ0n) is 19.8. The second kappa shape index (κ2) is 11.1. The van der Waals surface area contributed by atoms with Crippen LogP contribution in [0.3, 0.4) is 0 Å². The number of halogens is 1. The van der Waals surface area contributed by atoms with Gasteiger partial charge in [-0.05, 0) is 41.7 Å². The molecule has 0 spiro atoms. The normalized spacial score (nSPS) is 12.1. The van der Waals surface area contributed by atoms with E-state index in [9.17, 15) is 29.0 Å². The highest BCUT2D eigenvalue weighted by atomic mass is 19.1. The van der Waals surface area contributed by atoms with Crippen molar-refractivity contribution in [3.63, 3.8) is 0 Å². The lowest BCUT2D eigenvalue weighted by atomic mass is 10.0. The Morgan fingerprint density at radius 3 is 2.46 bits per heavy atom. The Morgan fingerprint density at radius 1 is 1.17 bits per heavy atom. The number of rotatable bonds is 9. The molecule has 10 heteroatoms. The summed E-state index contributed by atoms with van der Waals surface area (Å²) in [4.78, 5) is 42.0. The average molecular weight is 485 g/mol. The third kappa shape index (κ3) is 6.02. The van der Waals surface area contributed by atoms with Gasteiger partial charge in [0.15, 0.2) is 5.75 Å². The van der Waals surface area contributed by atoms with Crippen LogP contribution in [0.1, 0.15) is 42.3 Å². The van der Waals surface area contributed by atoms with Gasteiger partial charge in [0.05, 0.1) is 18.2 Å². The van der Waals surface area contributed by atoms with E-state index >= 15 is 0 Å². The smallest absolute Gasteiger partial charge is 0.267 e. The molecule has 0 aliphatic heterocycles. The predicted molar refractivity (Wildman–Crippen MR) is 129 cm³/mol. The average Bonchev–Trinajstić information content (AvgIpc) is 2.80. The number of aromatic nitrogens is 2. The fourth-order valence-electron chi connectivity index (χ4n) is 3.72. The number of aliphatic hydroxyl groups excluding tert-OH is 1. The molecule has 0 saturated carbocycles. The molecular formula is C25H29FN4O5. The Kier molecular flexibility index (Phi) is 8.18. The van der Waals surface area contributed by atoms with Gasteiger partial charge in [-0.25, -0.2) is 4.39 Å². The molecule has 2 heterocycles. The van der Waals surface area contributed by atoms with Crippen LogP contribution < -0.4 is 16.2 Å². The topological polar surface area (TPSA) is 134 Å². The van der Waals surface area contributed by atoms with Crippen molar-refractivity contribution >= 4 is 22.8 Å². The summed E-state index contributed by atoms with van der Waals surface area (Å²) < 4.78 is 14.5. The van der Waals surface area contributed by atoms with Gasteiger partial charge in [-0.2, -0.15) is 0 Å². The van der Waals surface area contributed by atoms with Crippen molar-refractivity contribution in [1.82, 2.24) is 20.2 Å². The number of hydrogen-bond acceptors (Lipinski definition) is 6. The molecule has 3 aromatic rings. The van der Waals surface area contributed by atoms with E-state index in [0.29, 0.717) is 12.0 Å². The first-order chi connectivity index (χ1) is 16.6. The minimum atomic E-state index is -0.826. The summed E-state index contributed by atoms with van der Waals surface area (Å²) in [6, 6.07) is 7.03. The number of carbonyl (C=O) groups excluding carboxylic acids is 2. The van der Waals surface area contributed by atoms with Crippen molar-refractivity contribution < 1.29 is 24.2 Å². The standard InChI is InChI=1S/C25H29FN4O5/c1-14(2)19(13-31)29-24(34)21-23(33)22-20(30(25(21)35)9-8-27-15(3)32)11-17(12-28-22)10-16-4-6-18(26)7-5-16/h4-7,11-12,14,19,31,33H,8-10,13H2,1-3H3,(H,27,32)(H,29,34). The number of aromatic hydroxyl groups is 1. The number of pyridine rings is 2. The molecule has 9 nitrogen and oxygen atoms in total. The molecule has 0 aliphatic carbocycles. The van der Waals surface area contributed by atoms with E-state index in [2.05, 4.69) is 15.6 Å². The first-order valence-corrected chi connectivity index (χ1v) is 11.3. The van der Waals surface area contributed by atoms with Crippen molar-refractivity contribution in [1.29, 1.82) is 0 Å². The van der Waals surface area contributed by atoms with Crippen LogP contribution in [0.15, 0.2) is 41.3 Å². The second-order valence-corrected chi connectivity index (χ2v) is 8.68. The second-order valence-electron chi connectivity index (χ2n) is 8.68. The van der Waals surface area contributed by atoms with Gasteiger partial charge in [-0.15, -0.1) is 0 Å². The zero-order valence-corrected chi connectivity index (χ0v) is 19.8. The van der Waals surface area contributed by atoms with Crippen LogP contribution in [0.2, 0.25) is 0 Å². The molecule has 0 radical (unpaired) electrons. The molecule has 2 amide bonds. The van der Waals surface area contributed by atoms with Crippen LogP contribution in [0.25, 0.3) is 11.0 Å². The maximum Gasteiger partial charge on any atom is 0.267 e. The predicted octanol–water partition coefficient (Wildman–Crippen LogP) is 1.71. The maximum absolute atomic E-state index is 13.4. The molecule has 35 heavy (non-hydrogen) atoms. The highest BCUT2D eigenvalue weighted by molar-refractivity contribution is 6.01. The number of hydrogen-bond donors (Lipinski definition) is 4. The Bertz CT molecular complexity index is 1290. The van der Waals surface area contributed by atoms with E-state index in [4.69, 9.17) is 0 Å². The molecule has 0 bridgehead atoms. The largest absolute Gasteiger partial charge is 0.505 e. The third-order valence-electron chi connectivity index (χ3n) is 5.71. The lowest BCUT2D eigenvalue weighted by Crippen LogP contribution is -2.44. The summed E-state index contributed by atoms with van der Waals surface area (Å²) in [6.45, 7) is 4.77. The van der Waals surface area contributed by atoms with Gasteiger partial charge in [0.1, 0.15) is 16.9 Å². The number of fused-ring (bicyclic) bond motifs is 1. The van der Waals surface area contributed by atoms with Gasteiger partial charge in [-0.3, -0.25) is 19.4 Å². The molecule has 0 fully saturated rings. The first-order valence-electron chi connectivity index (χ1n) is 11.3. The Labute approximate surface area is 201 Å². The molecule has 0 aliphatic rings. The van der Waals surface area contributed by atoms with Crippen molar-refractivity contribution in [3.05, 3.63) is 69.4 Å². The van der Waals surface area contributed by atoms with Crippen molar-refractivity contribution in [2.75, 3.05) is 13.2 Å². The van der Waals surface area contributed by atoms with Gasteiger partial charge in [0.2, 0.25) is 5.91 Å². The van der Waals surface area contributed by atoms with E-state index < -0.39 is 28.8 Å². The summed E-state index contributed by atoms with van der Waals surface area (Å²) in [5.74, 6) is -2.13. The van der Waals surface area contributed by atoms with Crippen LogP contribution in [0, 0.1) is 11.7 Å². The molecule has 4 N–H and O–H groups in total. The fraction of sp³-hybridized carbons (Fsp3) is 0.360. The molecule has 186 valence electrons. The van der Waals surface area contributed by atoms with Crippen LogP contribution >= 0.6 is 0 Å². The number of nitrogens with zero attached hydrogens (tertiary/aromatic N) is 2. The Hall–Kier alpha value is -3.79. The summed E-state index contributed by atoms with van der Waals surface area (Å²) >= 11 is 0. The number of amides is 2. The summed E-state index contributed by atoms with van der Waals surface area (Å²) in [5.41, 5.74) is 0.622. The van der Waals surface area contributed by atoms with Crippen LogP contribution in [0.4, 0.5) is 4.39 Å². The van der Waals surface area contributed by atoms with Crippen molar-refractivity contribution in [2.24, 2.45) is 5.92 Å². The van der Waals surface area contributed by atoms with E-state index in [1.165, 1.54) is 29.8 Å². The first kappa shape index (κ1) is 25.8. The minimum absolute atomic E-state index is 0.0325. The highest BCUT2D eigenvalue weighted by Gasteiger charge is 2.26. The SMILES string of the molecule is CC(=O)NCCn1c(=O)c(C(=O)NC(CO)C(C)C)c(O)c2ncc(Cc3ccc(F)cc3)cc21. The molecule has 2 aromatic heterocycles. The number of aliphatic hydroxyl groups is 1. The minimum Gasteiger partial charge on any atom is -0.505 e. The van der Waals surface area contributed by atoms with Crippen molar-refractivity contribution in [3.8, 4) is 5.75 Å². The molecule has 1 aromatic carbocycles. The molecule has 0 saturated heterocycles. The van der Waals surface area contributed by atoms with Gasteiger partial charge in [0.25, 0.3) is 11.5 Å². The van der Waals surface area contributed by atoms with E-state index in [1.807, 2.05) is 0 Å². The lowest BCUT2D eigenvalue weighted by molar-refractivity contribution is -0.118. The van der Waals surface area contributed by atoms with E-state index in [0.717, 1.165) is 5.56 Å². The monoisotopic (exact) mass is 484 g/mol. The van der Waals surface area contributed by atoms with E-state index in [1.54, 1.807) is 32.0 Å². The quantitative estimate of drug-likeness (QED) is 0.365. The summed E-state index contributed by atoms with van der Waals surface area (Å²) in [6.07, 6.45) is 1.92. The highest BCUT2D eigenvalue weighted by Crippen LogP contribution is 2.26. The van der Waals surface area contributed by atoms with Gasteiger partial charge in [-0.1, -0.05) is 26.0 Å². The van der Waals surface area contributed by atoms with E-state index in [-0.39, 0.29) is 48.4 Å². The Morgan fingerprint density at radius 2 is 1.86 bits per heavy atom. The van der Waals surface area contributed by atoms with Crippen molar-refractivity contribution in [2.45, 2.75) is 39.8 Å². The van der Waals surface area contributed by atoms with Crippen LogP contribution in [-0.4, -0.2) is 50.8 Å². The van der Waals surface area contributed by atoms with Gasteiger partial charge >= 0.3 is 0 Å². The van der Waals surface area contributed by atoms with Gasteiger partial charge in [0, 0.05) is 26.2 Å². The summed E-state index contributed by atoms with van der Waals surface area (Å²) in [7, 11) is 0. The molecule has 1 atom stereocenters. The molecule has 3 rings (SSSR count). The maximum atomic E-state index is 13.4. The van der Waals surface area contributed by atoms with Crippen LogP contribution in [0.5, 0.6) is 5.75 Å². The molecular weight excluding hydrogens is 455 g/mol. The summed E-state index contributed by atoms with van der Waals surface area (Å²) in [5, 5.41) is 25.6. The zero-order chi connectivity index (χ0) is 25.7.